The van der Waals surface area contributed by atoms with Gasteiger partial charge in [0.25, 0.3) is 15.7 Å². The predicted molar refractivity (Wildman–Crippen MR) is 232 cm³/mol. The molecule has 5 rings (SSSR count). The average molecular weight is 849 g/mol. The summed E-state index contributed by atoms with van der Waals surface area (Å²) in [4.78, 5) is 28.3. The second kappa shape index (κ2) is 19.8. The highest BCUT2D eigenvalue weighted by molar-refractivity contribution is 7.85. The number of ether oxygens (including phenoxy) is 4. The van der Waals surface area contributed by atoms with E-state index in [2.05, 4.69) is 38.8 Å². The van der Waals surface area contributed by atoms with Gasteiger partial charge in [0.05, 0.1) is 39.8 Å². The third-order valence-corrected chi connectivity index (χ3v) is 14.1. The number of H-pyrrole nitrogens is 1. The Morgan fingerprint density at radius 1 is 0.915 bits per heavy atom. The molecule has 1 aliphatic heterocycles. The number of benzene rings is 3. The minimum atomic E-state index is -3.50. The van der Waals surface area contributed by atoms with Crippen molar-refractivity contribution in [2.45, 2.75) is 95.3 Å². The molecule has 14 heteroatoms. The molecule has 0 saturated carbocycles. The molecule has 1 saturated heterocycles. The molecular weight excluding hydrogens is 789 g/mol. The monoisotopic (exact) mass is 848 g/mol. The molecule has 0 aliphatic carbocycles. The Labute approximate surface area is 350 Å². The van der Waals surface area contributed by atoms with E-state index in [0.29, 0.717) is 42.2 Å². The summed E-state index contributed by atoms with van der Waals surface area (Å²) in [6.07, 6.45) is 8.45. The normalized spacial score (nSPS) is 19.0. The Bertz CT molecular complexity index is 2170. The average Bonchev–Trinajstić information content (AvgIpc) is 3.58. The SMILES string of the molecule is COc1ccc(C(OC[C@@]2(C=CCCCCCOS(C)(=O)=O)O[C@@H](n3cc(C)c(=O)[nH]c3=O)C[C@@H]2O[SiH2]C(C)(C)C(C)C)(c2ccccc2)c2ccc(OC)cc2)cc1. The number of aromatic nitrogens is 2. The van der Waals surface area contributed by atoms with Crippen molar-refractivity contribution in [3.63, 3.8) is 0 Å². The molecule has 59 heavy (non-hydrogen) atoms. The van der Waals surface area contributed by atoms with Crippen molar-refractivity contribution in [1.82, 2.24) is 9.55 Å². The van der Waals surface area contributed by atoms with E-state index in [1.165, 1.54) is 4.57 Å². The van der Waals surface area contributed by atoms with E-state index < -0.39 is 54.7 Å². The van der Waals surface area contributed by atoms with Crippen molar-refractivity contribution in [2.75, 3.05) is 33.7 Å². The van der Waals surface area contributed by atoms with Crippen LogP contribution in [-0.2, 0) is 33.8 Å². The van der Waals surface area contributed by atoms with Crippen LogP contribution >= 0.6 is 0 Å². The molecule has 0 unspecified atom stereocenters. The van der Waals surface area contributed by atoms with E-state index in [0.717, 1.165) is 35.8 Å². The highest BCUT2D eigenvalue weighted by atomic mass is 32.2. The fourth-order valence-electron chi connectivity index (χ4n) is 7.07. The van der Waals surface area contributed by atoms with Crippen LogP contribution in [-0.4, -0.2) is 73.1 Å². The Morgan fingerprint density at radius 3 is 2.07 bits per heavy atom. The summed E-state index contributed by atoms with van der Waals surface area (Å²) in [5.74, 6) is 1.76. The number of hydrogen-bond donors (Lipinski definition) is 1. The zero-order valence-corrected chi connectivity index (χ0v) is 37.8. The van der Waals surface area contributed by atoms with Crippen LogP contribution in [0.25, 0.3) is 0 Å². The maximum absolute atomic E-state index is 13.4. The van der Waals surface area contributed by atoms with Crippen LogP contribution in [0.15, 0.2) is 107 Å². The first-order chi connectivity index (χ1) is 28.0. The highest BCUT2D eigenvalue weighted by Gasteiger charge is 2.52. The van der Waals surface area contributed by atoms with Crippen molar-refractivity contribution in [3.05, 3.63) is 140 Å². The van der Waals surface area contributed by atoms with E-state index in [4.69, 9.17) is 27.6 Å². The van der Waals surface area contributed by atoms with Gasteiger partial charge >= 0.3 is 5.69 Å². The second-order valence-corrected chi connectivity index (χ2v) is 20.3. The van der Waals surface area contributed by atoms with E-state index in [1.807, 2.05) is 84.9 Å². The summed E-state index contributed by atoms with van der Waals surface area (Å²) in [5.41, 5.74) is -0.450. The number of aromatic amines is 1. The zero-order chi connectivity index (χ0) is 42.8. The molecule has 1 fully saturated rings. The maximum Gasteiger partial charge on any atom is 0.330 e. The van der Waals surface area contributed by atoms with Crippen molar-refractivity contribution in [3.8, 4) is 11.5 Å². The highest BCUT2D eigenvalue weighted by Crippen LogP contribution is 2.47. The van der Waals surface area contributed by atoms with Crippen molar-refractivity contribution in [2.24, 2.45) is 5.92 Å². The molecule has 4 aromatic rings. The summed E-state index contributed by atoms with van der Waals surface area (Å²) >= 11 is 0. The summed E-state index contributed by atoms with van der Waals surface area (Å²) < 4.78 is 62.1. The number of nitrogens with zero attached hydrogens (tertiary/aromatic N) is 1. The van der Waals surface area contributed by atoms with Gasteiger partial charge in [0.15, 0.2) is 9.76 Å². The van der Waals surface area contributed by atoms with Gasteiger partial charge in [-0.15, -0.1) is 0 Å². The van der Waals surface area contributed by atoms with E-state index in [-0.39, 0.29) is 18.3 Å². The molecule has 0 spiro atoms. The Kier molecular flexibility index (Phi) is 15.4. The molecule has 320 valence electrons. The molecule has 1 N–H and O–H groups in total. The minimum absolute atomic E-state index is 0.00735. The molecule has 0 radical (unpaired) electrons. The zero-order valence-electron chi connectivity index (χ0n) is 35.6. The summed E-state index contributed by atoms with van der Waals surface area (Å²) in [7, 11) is -1.45. The number of allylic oxidation sites excluding steroid dienone is 1. The lowest BCUT2D eigenvalue weighted by atomic mass is 9.79. The fraction of sp³-hybridized carbons (Fsp3) is 0.467. The molecule has 0 bridgehead atoms. The number of aryl methyl sites for hydroxylation is 1. The van der Waals surface area contributed by atoms with Crippen molar-refractivity contribution >= 4 is 19.9 Å². The first-order valence-electron chi connectivity index (χ1n) is 20.2. The topological polar surface area (TPSA) is 144 Å². The molecule has 3 atom stereocenters. The van der Waals surface area contributed by atoms with Gasteiger partial charge < -0.3 is 23.4 Å². The number of hydrogen-bond acceptors (Lipinski definition) is 10. The summed E-state index contributed by atoms with van der Waals surface area (Å²) in [6, 6.07) is 25.7. The maximum atomic E-state index is 13.4. The number of unbranched alkanes of at least 4 members (excludes halogenated alkanes) is 3. The predicted octanol–water partition coefficient (Wildman–Crippen LogP) is 6.94. The minimum Gasteiger partial charge on any atom is -0.497 e. The lowest BCUT2D eigenvalue weighted by molar-refractivity contribution is -0.133. The van der Waals surface area contributed by atoms with Crippen molar-refractivity contribution < 1.29 is 36.0 Å². The van der Waals surface area contributed by atoms with Crippen LogP contribution in [0.4, 0.5) is 0 Å². The van der Waals surface area contributed by atoms with Gasteiger partial charge in [-0.3, -0.25) is 18.5 Å². The van der Waals surface area contributed by atoms with Gasteiger partial charge in [0.2, 0.25) is 0 Å². The smallest absolute Gasteiger partial charge is 0.330 e. The van der Waals surface area contributed by atoms with Gasteiger partial charge in [-0.05, 0) is 78.1 Å². The van der Waals surface area contributed by atoms with Gasteiger partial charge in [-0.1, -0.05) is 101 Å². The van der Waals surface area contributed by atoms with Crippen LogP contribution in [0.2, 0.25) is 5.04 Å². The summed E-state index contributed by atoms with van der Waals surface area (Å²) in [5, 5.41) is -0.0617. The Balaban J connectivity index is 1.64. The van der Waals surface area contributed by atoms with E-state index in [9.17, 15) is 18.0 Å². The second-order valence-electron chi connectivity index (χ2n) is 16.3. The van der Waals surface area contributed by atoms with Gasteiger partial charge in [0.1, 0.15) is 28.9 Å². The van der Waals surface area contributed by atoms with Gasteiger partial charge in [-0.2, -0.15) is 8.42 Å². The fourth-order valence-corrected chi connectivity index (χ4v) is 8.88. The van der Waals surface area contributed by atoms with E-state index >= 15 is 0 Å². The molecule has 3 aromatic carbocycles. The number of methoxy groups -OCH3 is 2. The standard InChI is InChI=1S/C45H60N2O10SSi/c1-32(2)43(4,5)59-57-39-29-40(47-30-33(3)41(48)46-42(47)49)56-44(39,27-15-10-9-11-16-28-55-58(8,50)51)31-54-45(34-17-13-12-14-18-34,35-19-23-37(52-6)24-20-35)36-21-25-38(53-7)26-22-36/h12-15,17-27,30,32,39-40H,9-11,16,28-29,31,59H2,1-8H3,(H,46,48,49)/t39-,40+,44+/m0/s1. The van der Waals surface area contributed by atoms with E-state index in [1.54, 1.807) is 27.3 Å². The Hall–Kier alpha value is -4.31. The summed E-state index contributed by atoms with van der Waals surface area (Å²) in [6.45, 7) is 10.6. The van der Waals surface area contributed by atoms with Crippen LogP contribution in [0.3, 0.4) is 0 Å². The van der Waals surface area contributed by atoms with Gasteiger partial charge in [0, 0.05) is 18.2 Å². The van der Waals surface area contributed by atoms with Crippen LogP contribution in [0, 0.1) is 12.8 Å². The first kappa shape index (κ1) is 45.8. The molecule has 0 amide bonds. The van der Waals surface area contributed by atoms with Crippen LogP contribution in [0.5, 0.6) is 11.5 Å². The van der Waals surface area contributed by atoms with Crippen LogP contribution in [0.1, 0.15) is 88.3 Å². The Morgan fingerprint density at radius 2 is 1.51 bits per heavy atom. The van der Waals surface area contributed by atoms with Crippen LogP contribution < -0.4 is 20.7 Å². The molecule has 12 nitrogen and oxygen atoms in total. The first-order valence-corrected chi connectivity index (χ1v) is 23.3. The lowest BCUT2D eigenvalue weighted by Gasteiger charge is -2.41. The molecule has 2 heterocycles. The molecule has 1 aliphatic rings. The largest absolute Gasteiger partial charge is 0.497 e. The third-order valence-electron chi connectivity index (χ3n) is 11.4. The van der Waals surface area contributed by atoms with Crippen molar-refractivity contribution in [1.29, 1.82) is 0 Å². The van der Waals surface area contributed by atoms with Gasteiger partial charge in [-0.25, -0.2) is 4.79 Å². The molecular formula is C45H60N2O10SSi. The lowest BCUT2D eigenvalue weighted by Crippen LogP contribution is -2.48. The number of nitrogens with one attached hydrogen (secondary N) is 1. The molecule has 1 aromatic heterocycles. The third kappa shape index (κ3) is 11.3. The number of rotatable bonds is 21. The quantitative estimate of drug-likeness (QED) is 0.0308.